The van der Waals surface area contributed by atoms with Crippen LogP contribution in [0, 0.1) is 11.3 Å². The molecule has 4 heterocycles. The number of carbonyl (C=O) groups is 2. The summed E-state index contributed by atoms with van der Waals surface area (Å²) in [5.41, 5.74) is 3.20. The van der Waals surface area contributed by atoms with E-state index in [0.717, 1.165) is 34.3 Å². The molecule has 1 saturated heterocycles. The van der Waals surface area contributed by atoms with Gasteiger partial charge in [0.05, 0.1) is 29.9 Å². The number of unbranched alkanes of at least 4 members (excludes halogenated alkanes) is 1. The topological polar surface area (TPSA) is 94.3 Å². The molecule has 1 N–H and O–H groups in total. The normalized spacial score (nSPS) is 16.5. The summed E-state index contributed by atoms with van der Waals surface area (Å²) in [6.07, 6.45) is 5.85. The van der Waals surface area contributed by atoms with Crippen molar-refractivity contribution in [3.05, 3.63) is 59.0 Å². The smallest absolute Gasteiger partial charge is 0.317 e. The molecular formula is C26H27ClN6O2. The molecule has 2 aromatic heterocycles. The Morgan fingerprint density at radius 2 is 2.06 bits per heavy atom. The first-order chi connectivity index (χ1) is 17.0. The largest absolute Gasteiger partial charge is 0.343 e. The molecule has 35 heavy (non-hydrogen) atoms. The molecule has 0 atom stereocenters. The molecule has 2 aliphatic heterocycles. The number of carbonyl (C=O) groups excluding carboxylic acids is 2. The number of fused-ring (bicyclic) bond motifs is 3. The van der Waals surface area contributed by atoms with Crippen molar-refractivity contribution >= 4 is 40.1 Å². The van der Waals surface area contributed by atoms with Crippen molar-refractivity contribution in [2.24, 2.45) is 0 Å². The van der Waals surface area contributed by atoms with Gasteiger partial charge in [0.1, 0.15) is 0 Å². The third kappa shape index (κ3) is 3.90. The van der Waals surface area contributed by atoms with Gasteiger partial charge < -0.3 is 19.7 Å². The average molecular weight is 491 g/mol. The number of benzene rings is 1. The summed E-state index contributed by atoms with van der Waals surface area (Å²) in [4.78, 5) is 34.1. The van der Waals surface area contributed by atoms with Gasteiger partial charge in [0.2, 0.25) is 5.91 Å². The number of hydrogen-bond donors (Lipinski definition) is 1. The molecule has 0 radical (unpaired) electrons. The maximum atomic E-state index is 14.0. The van der Waals surface area contributed by atoms with E-state index < -0.39 is 5.41 Å². The van der Waals surface area contributed by atoms with Gasteiger partial charge in [-0.25, -0.2) is 4.79 Å². The molecule has 9 heteroatoms. The number of anilines is 1. The standard InChI is InChI=1S/C26H27ClN6O2/c1-29-25(35)31-12-7-26(8-13-31)21-6-10-30-16-23(21)33(24(26)34)17-20-15-18-14-19(27)4-5-22(18)32(20)11-3-2-9-28/h4-6,10,14-16H,2-3,7-8,11-13,17H2,1H3,(H,29,35). The van der Waals surface area contributed by atoms with Crippen LogP contribution in [-0.4, -0.2) is 46.5 Å². The maximum absolute atomic E-state index is 14.0. The molecule has 1 aromatic carbocycles. The Morgan fingerprint density at radius 3 is 2.80 bits per heavy atom. The minimum absolute atomic E-state index is 0.0592. The van der Waals surface area contributed by atoms with Crippen molar-refractivity contribution in [1.29, 1.82) is 5.26 Å². The summed E-state index contributed by atoms with van der Waals surface area (Å²) in [7, 11) is 1.62. The number of aryl methyl sites for hydroxylation is 1. The lowest BCUT2D eigenvalue weighted by Gasteiger charge is -2.38. The Balaban J connectivity index is 1.50. The van der Waals surface area contributed by atoms with Crippen molar-refractivity contribution < 1.29 is 9.59 Å². The number of hydrogen-bond acceptors (Lipinski definition) is 4. The Labute approximate surface area is 209 Å². The highest BCUT2D eigenvalue weighted by Crippen LogP contribution is 2.48. The lowest BCUT2D eigenvalue weighted by molar-refractivity contribution is -0.124. The molecular weight excluding hydrogens is 464 g/mol. The zero-order valence-corrected chi connectivity index (χ0v) is 20.4. The van der Waals surface area contributed by atoms with Crippen LogP contribution in [0.15, 0.2) is 42.7 Å². The number of urea groups is 1. The Hall–Kier alpha value is -3.57. The third-order valence-corrected chi connectivity index (χ3v) is 7.55. The number of rotatable bonds is 5. The number of pyridine rings is 1. The molecule has 3 amide bonds. The van der Waals surface area contributed by atoms with Crippen LogP contribution in [0.1, 0.15) is 36.9 Å². The van der Waals surface area contributed by atoms with Crippen LogP contribution in [0.2, 0.25) is 5.02 Å². The van der Waals surface area contributed by atoms with E-state index >= 15 is 0 Å². The van der Waals surface area contributed by atoms with Crippen molar-refractivity contribution in [2.75, 3.05) is 25.0 Å². The van der Waals surface area contributed by atoms with Crippen LogP contribution >= 0.6 is 11.6 Å². The van der Waals surface area contributed by atoms with Crippen LogP contribution in [0.5, 0.6) is 0 Å². The Kier molecular flexibility index (Phi) is 6.12. The maximum Gasteiger partial charge on any atom is 0.317 e. The van der Waals surface area contributed by atoms with Gasteiger partial charge in [-0.3, -0.25) is 9.78 Å². The molecule has 0 aliphatic carbocycles. The number of likely N-dealkylation sites (tertiary alicyclic amines) is 1. The monoisotopic (exact) mass is 490 g/mol. The number of nitrogens with zero attached hydrogens (tertiary/aromatic N) is 5. The third-order valence-electron chi connectivity index (χ3n) is 7.32. The second kappa shape index (κ2) is 9.23. The van der Waals surface area contributed by atoms with Crippen LogP contribution in [0.3, 0.4) is 0 Å². The van der Waals surface area contributed by atoms with Crippen molar-refractivity contribution in [3.8, 4) is 6.07 Å². The number of nitriles is 1. The Bertz CT molecular complexity index is 1340. The van der Waals surface area contributed by atoms with E-state index in [4.69, 9.17) is 16.9 Å². The van der Waals surface area contributed by atoms with Gasteiger partial charge in [0.25, 0.3) is 0 Å². The molecule has 1 spiro atoms. The second-order valence-electron chi connectivity index (χ2n) is 9.16. The molecule has 180 valence electrons. The lowest BCUT2D eigenvalue weighted by Crippen LogP contribution is -2.51. The molecule has 0 saturated carbocycles. The molecule has 0 bridgehead atoms. The molecule has 0 unspecified atom stereocenters. The minimum atomic E-state index is -0.649. The number of amides is 3. The number of piperidine rings is 1. The zero-order valence-electron chi connectivity index (χ0n) is 19.6. The summed E-state index contributed by atoms with van der Waals surface area (Å²) in [6.45, 7) is 2.13. The minimum Gasteiger partial charge on any atom is -0.343 e. The first-order valence-electron chi connectivity index (χ1n) is 11.9. The molecule has 3 aromatic rings. The van der Waals surface area contributed by atoms with Gasteiger partial charge >= 0.3 is 6.03 Å². The van der Waals surface area contributed by atoms with Crippen molar-refractivity contribution in [3.63, 3.8) is 0 Å². The predicted molar refractivity (Wildman–Crippen MR) is 134 cm³/mol. The van der Waals surface area contributed by atoms with Gasteiger partial charge in [0.15, 0.2) is 0 Å². The molecule has 2 aliphatic rings. The number of halogens is 1. The molecule has 5 rings (SSSR count). The van der Waals surface area contributed by atoms with E-state index in [1.807, 2.05) is 29.2 Å². The number of nitrogens with one attached hydrogen (secondary N) is 1. The fourth-order valence-corrected chi connectivity index (χ4v) is 5.73. The number of aromatic nitrogens is 2. The van der Waals surface area contributed by atoms with Gasteiger partial charge in [-0.05, 0) is 55.2 Å². The predicted octanol–water partition coefficient (Wildman–Crippen LogP) is 4.21. The highest BCUT2D eigenvalue weighted by atomic mass is 35.5. The first kappa shape index (κ1) is 23.2. The fraction of sp³-hybridized carbons (Fsp3) is 0.385. The van der Waals surface area contributed by atoms with Crippen LogP contribution in [0.4, 0.5) is 10.5 Å². The van der Waals surface area contributed by atoms with Crippen molar-refractivity contribution in [2.45, 2.75) is 44.2 Å². The van der Waals surface area contributed by atoms with Gasteiger partial charge in [-0.1, -0.05) is 11.6 Å². The van der Waals surface area contributed by atoms with Crippen LogP contribution < -0.4 is 10.2 Å². The van der Waals surface area contributed by atoms with E-state index in [2.05, 4.69) is 27.0 Å². The summed E-state index contributed by atoms with van der Waals surface area (Å²) < 4.78 is 2.19. The van der Waals surface area contributed by atoms with Crippen LogP contribution in [0.25, 0.3) is 10.9 Å². The van der Waals surface area contributed by atoms with E-state index in [0.29, 0.717) is 50.5 Å². The zero-order chi connectivity index (χ0) is 24.6. The highest BCUT2D eigenvalue weighted by molar-refractivity contribution is 6.31. The van der Waals surface area contributed by atoms with E-state index in [1.54, 1.807) is 24.3 Å². The van der Waals surface area contributed by atoms with E-state index in [9.17, 15) is 9.59 Å². The SMILES string of the molecule is CNC(=O)N1CCC2(CC1)C(=O)N(Cc1cc3cc(Cl)ccc3n1CCCC#N)c1cnccc12. The molecule has 1 fully saturated rings. The van der Waals surface area contributed by atoms with Crippen molar-refractivity contribution in [1.82, 2.24) is 19.8 Å². The van der Waals surface area contributed by atoms with Crippen LogP contribution in [-0.2, 0) is 23.3 Å². The quantitative estimate of drug-likeness (QED) is 0.542. The van der Waals surface area contributed by atoms with E-state index in [-0.39, 0.29) is 11.9 Å². The van der Waals surface area contributed by atoms with E-state index in [1.165, 1.54) is 0 Å². The molecule has 8 nitrogen and oxygen atoms in total. The Morgan fingerprint density at radius 1 is 1.26 bits per heavy atom. The summed E-state index contributed by atoms with van der Waals surface area (Å²) in [6, 6.07) is 11.9. The highest BCUT2D eigenvalue weighted by Gasteiger charge is 2.52. The first-order valence-corrected chi connectivity index (χ1v) is 12.2. The average Bonchev–Trinajstić information content (AvgIpc) is 3.32. The lowest BCUT2D eigenvalue weighted by atomic mass is 9.74. The van der Waals surface area contributed by atoms with Gasteiger partial charge in [0, 0.05) is 60.9 Å². The van der Waals surface area contributed by atoms with Gasteiger partial charge in [-0.2, -0.15) is 5.26 Å². The summed E-state index contributed by atoms with van der Waals surface area (Å²) in [5.74, 6) is 0.0592. The fourth-order valence-electron chi connectivity index (χ4n) is 5.55. The second-order valence-corrected chi connectivity index (χ2v) is 9.60. The summed E-state index contributed by atoms with van der Waals surface area (Å²) in [5, 5.41) is 13.4. The summed E-state index contributed by atoms with van der Waals surface area (Å²) >= 11 is 6.25. The van der Waals surface area contributed by atoms with Gasteiger partial charge in [-0.15, -0.1) is 0 Å².